The number of hydrogen-bond donors (Lipinski definition) is 0. The number of esters is 2. The monoisotopic (exact) mass is 942 g/mol. The molecule has 0 spiro atoms. The molecule has 0 N–H and O–H groups in total. The minimum absolute atomic E-state index is 0.0401. The fraction of sp³-hybridized carbons (Fsp3) is 0.679. The van der Waals surface area contributed by atoms with Crippen LogP contribution in [0.2, 0.25) is 0 Å². The molecule has 0 rings (SSSR count). The van der Waals surface area contributed by atoms with Gasteiger partial charge in [-0.3, -0.25) is 14.2 Å². The fourth-order valence-electron chi connectivity index (χ4n) is 6.57. The molecule has 0 bridgehead atoms. The van der Waals surface area contributed by atoms with Crippen molar-refractivity contribution < 1.29 is 42.1 Å². The Morgan fingerprint density at radius 1 is 0.485 bits per heavy atom. The molecule has 0 aromatic heterocycles. The molecule has 0 fully saturated rings. The molecule has 0 aliphatic carbocycles. The highest BCUT2D eigenvalue weighted by Crippen LogP contribution is 2.38. The summed E-state index contributed by atoms with van der Waals surface area (Å²) in [5.41, 5.74) is 0. The van der Waals surface area contributed by atoms with Crippen LogP contribution in [0, 0.1) is 0 Å². The van der Waals surface area contributed by atoms with Crippen molar-refractivity contribution in [2.24, 2.45) is 0 Å². The van der Waals surface area contributed by atoms with Gasteiger partial charge in [-0.1, -0.05) is 182 Å². The number of rotatable bonds is 46. The number of nitrogens with zero attached hydrogens (tertiary/aromatic N) is 1. The summed E-state index contributed by atoms with van der Waals surface area (Å²) < 4.78 is 34.0. The number of phosphoric ester groups is 1. The first-order valence-corrected chi connectivity index (χ1v) is 27.4. The van der Waals surface area contributed by atoms with Crippen molar-refractivity contribution in [2.45, 2.75) is 200 Å². The first-order valence-electron chi connectivity index (χ1n) is 25.9. The standard InChI is InChI=1S/C56H96NO8P/c1-6-8-10-12-14-16-18-20-22-23-24-25-26-27-28-29-30-31-32-33-35-37-39-41-43-45-47-49-56(59)65-54(53-64-66(60,61)63-51-50-57(3,4)5)52-62-55(58)48-46-44-42-40-38-36-34-21-19-17-15-13-11-9-7-2/h8,10,14-17,20-22,24-25,27-28,30-31,34,54H,6-7,9,11-13,18-19,23,26,29,32-33,35-53H2,1-5H3/b10-8-,16-14-,17-15-,22-20-,25-24-,28-27-,31-30-,34-21-. The molecule has 0 radical (unpaired) electrons. The van der Waals surface area contributed by atoms with Gasteiger partial charge in [-0.05, 0) is 96.3 Å². The van der Waals surface area contributed by atoms with Crippen LogP contribution in [0.3, 0.4) is 0 Å². The zero-order valence-electron chi connectivity index (χ0n) is 42.6. The summed E-state index contributed by atoms with van der Waals surface area (Å²) in [6.07, 6.45) is 62.9. The van der Waals surface area contributed by atoms with E-state index >= 15 is 0 Å². The largest absolute Gasteiger partial charge is 0.756 e. The lowest BCUT2D eigenvalue weighted by Crippen LogP contribution is -2.37. The van der Waals surface area contributed by atoms with Crippen molar-refractivity contribution in [1.82, 2.24) is 0 Å². The van der Waals surface area contributed by atoms with Crippen molar-refractivity contribution in [3.63, 3.8) is 0 Å². The molecule has 0 aromatic carbocycles. The van der Waals surface area contributed by atoms with Crippen LogP contribution in [0.1, 0.15) is 194 Å². The van der Waals surface area contributed by atoms with Crippen LogP contribution in [0.4, 0.5) is 0 Å². The van der Waals surface area contributed by atoms with Gasteiger partial charge in [0, 0.05) is 12.8 Å². The van der Waals surface area contributed by atoms with E-state index in [1.807, 2.05) is 21.1 Å². The lowest BCUT2D eigenvalue weighted by molar-refractivity contribution is -0.870. The Labute approximate surface area is 404 Å². The number of allylic oxidation sites excluding steroid dienone is 16. The van der Waals surface area contributed by atoms with E-state index in [-0.39, 0.29) is 26.1 Å². The summed E-state index contributed by atoms with van der Waals surface area (Å²) in [5, 5.41) is 0. The molecule has 10 heteroatoms. The van der Waals surface area contributed by atoms with Gasteiger partial charge in [0.05, 0.1) is 27.7 Å². The molecule has 2 unspecified atom stereocenters. The number of carbonyl (C=O) groups is 2. The lowest BCUT2D eigenvalue weighted by Gasteiger charge is -2.28. The van der Waals surface area contributed by atoms with Gasteiger partial charge in [-0.15, -0.1) is 0 Å². The minimum atomic E-state index is -4.64. The third-order valence-electron chi connectivity index (χ3n) is 10.6. The average Bonchev–Trinajstić information content (AvgIpc) is 3.27. The van der Waals surface area contributed by atoms with E-state index in [1.165, 1.54) is 51.4 Å². The van der Waals surface area contributed by atoms with Crippen LogP contribution >= 0.6 is 7.82 Å². The predicted molar refractivity (Wildman–Crippen MR) is 277 cm³/mol. The topological polar surface area (TPSA) is 111 Å². The van der Waals surface area contributed by atoms with Gasteiger partial charge in [0.25, 0.3) is 7.82 Å². The Hall–Kier alpha value is -3.07. The molecule has 0 saturated heterocycles. The van der Waals surface area contributed by atoms with E-state index in [2.05, 4.69) is 111 Å². The Morgan fingerprint density at radius 2 is 0.864 bits per heavy atom. The average molecular weight is 942 g/mol. The highest BCUT2D eigenvalue weighted by Gasteiger charge is 2.21. The summed E-state index contributed by atoms with van der Waals surface area (Å²) >= 11 is 0. The van der Waals surface area contributed by atoms with Crippen molar-refractivity contribution in [1.29, 1.82) is 0 Å². The molecule has 0 saturated carbocycles. The summed E-state index contributed by atoms with van der Waals surface area (Å²) in [5.74, 6) is -0.866. The second kappa shape index (κ2) is 47.0. The number of carbonyl (C=O) groups excluding carboxylic acids is 2. The zero-order chi connectivity index (χ0) is 48.5. The molecule has 9 nitrogen and oxygen atoms in total. The molecular formula is C56H96NO8P. The number of likely N-dealkylation sites (N-methyl/N-ethyl adjacent to an activating group) is 1. The van der Waals surface area contributed by atoms with Gasteiger partial charge in [-0.25, -0.2) is 0 Å². The third-order valence-corrected chi connectivity index (χ3v) is 11.6. The number of hydrogen-bond acceptors (Lipinski definition) is 8. The van der Waals surface area contributed by atoms with Gasteiger partial charge >= 0.3 is 11.9 Å². The maximum absolute atomic E-state index is 12.8. The molecule has 0 aromatic rings. The van der Waals surface area contributed by atoms with Gasteiger partial charge < -0.3 is 27.9 Å². The molecule has 0 amide bonds. The predicted octanol–water partition coefficient (Wildman–Crippen LogP) is 15.1. The fourth-order valence-corrected chi connectivity index (χ4v) is 7.30. The van der Waals surface area contributed by atoms with Gasteiger partial charge in [0.1, 0.15) is 19.8 Å². The second-order valence-electron chi connectivity index (χ2n) is 18.1. The van der Waals surface area contributed by atoms with Crippen molar-refractivity contribution in [2.75, 3.05) is 47.5 Å². The highest BCUT2D eigenvalue weighted by molar-refractivity contribution is 7.45. The third kappa shape index (κ3) is 50.3. The number of unbranched alkanes of at least 4 members (excludes halogenated alkanes) is 16. The molecule has 66 heavy (non-hydrogen) atoms. The van der Waals surface area contributed by atoms with E-state index in [9.17, 15) is 19.0 Å². The Balaban J connectivity index is 4.27. The molecule has 2 atom stereocenters. The summed E-state index contributed by atoms with van der Waals surface area (Å²) in [6.45, 7) is 4.05. The van der Waals surface area contributed by atoms with Crippen LogP contribution < -0.4 is 4.89 Å². The van der Waals surface area contributed by atoms with Crippen LogP contribution in [0.15, 0.2) is 97.2 Å². The van der Waals surface area contributed by atoms with Crippen LogP contribution in [0.25, 0.3) is 0 Å². The summed E-state index contributed by atoms with van der Waals surface area (Å²) in [4.78, 5) is 37.7. The van der Waals surface area contributed by atoms with E-state index in [0.717, 1.165) is 103 Å². The van der Waals surface area contributed by atoms with E-state index in [0.29, 0.717) is 23.9 Å². The normalized spacial score (nSPS) is 14.2. The molecule has 0 heterocycles. The van der Waals surface area contributed by atoms with Gasteiger partial charge in [0.2, 0.25) is 0 Å². The summed E-state index contributed by atoms with van der Waals surface area (Å²) in [6, 6.07) is 0. The smallest absolute Gasteiger partial charge is 0.306 e. The molecular weight excluding hydrogens is 846 g/mol. The zero-order valence-corrected chi connectivity index (χ0v) is 43.5. The SMILES string of the molecule is CC/C=C\C/C=C\C/C=C\C/C=C\C/C=C\C/C=C\CCCCCCCCCCC(=O)OC(COC(=O)CCCCCCC/C=C\C/C=C\CCCCC)COP(=O)([O-])OCC[N+](C)(C)C. The van der Waals surface area contributed by atoms with Gasteiger partial charge in [-0.2, -0.15) is 0 Å². The van der Waals surface area contributed by atoms with Crippen molar-refractivity contribution in [3.8, 4) is 0 Å². The maximum Gasteiger partial charge on any atom is 0.306 e. The van der Waals surface area contributed by atoms with Gasteiger partial charge in [0.15, 0.2) is 6.10 Å². The Bertz CT molecular complexity index is 1440. The van der Waals surface area contributed by atoms with Crippen molar-refractivity contribution >= 4 is 19.8 Å². The number of ether oxygens (including phenoxy) is 2. The van der Waals surface area contributed by atoms with Crippen LogP contribution in [0.5, 0.6) is 0 Å². The first-order chi connectivity index (χ1) is 32.0. The van der Waals surface area contributed by atoms with E-state index in [1.54, 1.807) is 0 Å². The molecule has 0 aliphatic heterocycles. The summed E-state index contributed by atoms with van der Waals surface area (Å²) in [7, 11) is 1.14. The number of phosphoric acid groups is 1. The van der Waals surface area contributed by atoms with E-state index in [4.69, 9.17) is 18.5 Å². The quantitative estimate of drug-likeness (QED) is 0.0195. The second-order valence-corrected chi connectivity index (χ2v) is 19.6. The lowest BCUT2D eigenvalue weighted by atomic mass is 10.1. The molecule has 378 valence electrons. The Kier molecular flexibility index (Phi) is 44.8. The minimum Gasteiger partial charge on any atom is -0.756 e. The van der Waals surface area contributed by atoms with Crippen LogP contribution in [-0.2, 0) is 32.7 Å². The Morgan fingerprint density at radius 3 is 1.29 bits per heavy atom. The maximum atomic E-state index is 12.8. The molecule has 0 aliphatic rings. The van der Waals surface area contributed by atoms with Crippen molar-refractivity contribution in [3.05, 3.63) is 97.2 Å². The highest BCUT2D eigenvalue weighted by atomic mass is 31.2. The van der Waals surface area contributed by atoms with E-state index < -0.39 is 32.5 Å². The van der Waals surface area contributed by atoms with Crippen LogP contribution in [-0.4, -0.2) is 70.0 Å². The first kappa shape index (κ1) is 62.9. The number of quaternary nitrogens is 1.